The fourth-order valence-electron chi connectivity index (χ4n) is 4.92. The molecule has 0 fully saturated rings. The van der Waals surface area contributed by atoms with Crippen LogP contribution < -0.4 is 0 Å². The van der Waals surface area contributed by atoms with Gasteiger partial charge in [0.2, 0.25) is 5.78 Å². The Balaban J connectivity index is 3.45. The molecule has 0 bridgehead atoms. The maximum Gasteiger partial charge on any atom is 0.289 e. The van der Waals surface area contributed by atoms with E-state index in [0.29, 0.717) is 136 Å². The number of carbonyl (C=O) groups excluding carboxylic acids is 5. The normalized spacial score (nSPS) is 12.5. The van der Waals surface area contributed by atoms with Gasteiger partial charge in [-0.2, -0.15) is 0 Å². The van der Waals surface area contributed by atoms with Crippen LogP contribution in [0.3, 0.4) is 0 Å². The zero-order chi connectivity index (χ0) is 43.1. The van der Waals surface area contributed by atoms with Crippen LogP contribution >= 0.6 is 0 Å². The second kappa shape index (κ2) is 38.7. The average Bonchev–Trinajstić information content (AvgIpc) is 3.19. The van der Waals surface area contributed by atoms with Crippen molar-refractivity contribution in [3.8, 4) is 0 Å². The Kier molecular flexibility index (Phi) is 37.0. The molecule has 1 atom stereocenters. The Labute approximate surface area is 347 Å². The zero-order valence-corrected chi connectivity index (χ0v) is 36.3. The van der Waals surface area contributed by atoms with E-state index in [1.54, 1.807) is 6.92 Å². The standard InChI is InChI=1S/C43H75NO14/c1-36(2)17-23-50-18-7-12-38(45)32-55-28-24-51-19-8-13-39(46)33-56-29-25-52-20-9-14-40(47)34-57-30-26-53-21-10-15-41(48)35-58-31-27-54-22-11-16-42(49)43(5,44-6)37(3)4/h36-37H,7-35H2,1-5H3. The minimum atomic E-state index is -0.987. The Morgan fingerprint density at radius 1 is 0.431 bits per heavy atom. The van der Waals surface area contributed by atoms with Crippen molar-refractivity contribution in [2.24, 2.45) is 11.8 Å². The van der Waals surface area contributed by atoms with E-state index in [1.165, 1.54) is 0 Å². The van der Waals surface area contributed by atoms with Gasteiger partial charge in [-0.15, -0.1) is 0 Å². The molecular weight excluding hydrogens is 754 g/mol. The third kappa shape index (κ3) is 34.4. The summed E-state index contributed by atoms with van der Waals surface area (Å²) < 4.78 is 48.8. The molecule has 15 heteroatoms. The van der Waals surface area contributed by atoms with Crippen molar-refractivity contribution in [3.63, 3.8) is 0 Å². The second-order valence-electron chi connectivity index (χ2n) is 15.0. The summed E-state index contributed by atoms with van der Waals surface area (Å²) in [5.74, 6) is 0.482. The highest BCUT2D eigenvalue weighted by Crippen LogP contribution is 2.24. The van der Waals surface area contributed by atoms with Crippen molar-refractivity contribution in [3.05, 3.63) is 11.4 Å². The summed E-state index contributed by atoms with van der Waals surface area (Å²) in [4.78, 5) is 63.6. The van der Waals surface area contributed by atoms with E-state index in [-0.39, 0.29) is 81.1 Å². The summed E-state index contributed by atoms with van der Waals surface area (Å²) in [6, 6.07) is 0. The van der Waals surface area contributed by atoms with Crippen LogP contribution in [-0.4, -0.2) is 153 Å². The minimum Gasteiger partial charge on any atom is -0.381 e. The molecule has 0 saturated carbocycles. The molecule has 336 valence electrons. The predicted octanol–water partition coefficient (Wildman–Crippen LogP) is 5.26. The molecule has 0 radical (unpaired) electrons. The first-order valence-electron chi connectivity index (χ1n) is 21.1. The highest BCUT2D eigenvalue weighted by Gasteiger charge is 2.42. The largest absolute Gasteiger partial charge is 0.381 e. The van der Waals surface area contributed by atoms with E-state index in [1.807, 2.05) is 13.8 Å². The molecule has 15 nitrogen and oxygen atoms in total. The molecule has 0 saturated heterocycles. The lowest BCUT2D eigenvalue weighted by Gasteiger charge is -2.19. The number of hydrogen-bond donors (Lipinski definition) is 0. The monoisotopic (exact) mass is 830 g/mol. The van der Waals surface area contributed by atoms with Crippen molar-refractivity contribution >= 4 is 28.9 Å². The van der Waals surface area contributed by atoms with Crippen LogP contribution in [0.1, 0.15) is 105 Å². The van der Waals surface area contributed by atoms with Gasteiger partial charge in [-0.3, -0.25) is 24.0 Å². The molecule has 0 aliphatic heterocycles. The quantitative estimate of drug-likeness (QED) is 0.0575. The molecule has 0 aromatic heterocycles. The number of ketones is 5. The summed E-state index contributed by atoms with van der Waals surface area (Å²) in [6.07, 6.45) is 5.73. The fraction of sp³-hybridized carbons (Fsp3) is 0.860. The van der Waals surface area contributed by atoms with Crippen molar-refractivity contribution in [2.45, 2.75) is 111 Å². The van der Waals surface area contributed by atoms with Crippen molar-refractivity contribution in [1.29, 1.82) is 0 Å². The van der Waals surface area contributed by atoms with Gasteiger partial charge in [0.25, 0.3) is 5.54 Å². The topological polar surface area (TPSA) is 173 Å². The highest BCUT2D eigenvalue weighted by molar-refractivity contribution is 5.90. The van der Waals surface area contributed by atoms with Crippen molar-refractivity contribution in [2.75, 3.05) is 119 Å². The van der Waals surface area contributed by atoms with E-state index in [4.69, 9.17) is 49.2 Å². The number of ether oxygens (including phenoxy) is 9. The smallest absolute Gasteiger partial charge is 0.289 e. The van der Waals surface area contributed by atoms with Crippen LogP contribution in [0, 0.1) is 18.4 Å². The van der Waals surface area contributed by atoms with Gasteiger partial charge in [0.15, 0.2) is 23.1 Å². The molecule has 0 aliphatic rings. The van der Waals surface area contributed by atoms with Crippen molar-refractivity contribution < 1.29 is 66.6 Å². The van der Waals surface area contributed by atoms with E-state index in [9.17, 15) is 24.0 Å². The SMILES string of the molecule is [C-]#[N+]C(C)(C(=O)CCCOCCOCC(=O)CCCOCCOCC(=O)CCCOCCOCC(=O)CCCOCCOCC(=O)CCCOCCC(C)C)C(C)C. The van der Waals surface area contributed by atoms with Crippen LogP contribution in [0.5, 0.6) is 0 Å². The van der Waals surface area contributed by atoms with Gasteiger partial charge in [0, 0.05) is 84.6 Å². The highest BCUT2D eigenvalue weighted by atomic mass is 16.5. The lowest BCUT2D eigenvalue weighted by Crippen LogP contribution is -2.37. The van der Waals surface area contributed by atoms with Gasteiger partial charge >= 0.3 is 0 Å². The Bertz CT molecular complexity index is 1120. The van der Waals surface area contributed by atoms with Gasteiger partial charge in [0.05, 0.1) is 52.9 Å². The third-order valence-corrected chi connectivity index (χ3v) is 8.97. The molecule has 0 rings (SSSR count). The number of hydrogen-bond acceptors (Lipinski definition) is 14. The number of rotatable bonds is 45. The van der Waals surface area contributed by atoms with Gasteiger partial charge in [-0.25, -0.2) is 6.57 Å². The van der Waals surface area contributed by atoms with Crippen LogP contribution in [0.2, 0.25) is 0 Å². The molecule has 1 unspecified atom stereocenters. The lowest BCUT2D eigenvalue weighted by molar-refractivity contribution is -0.126. The zero-order valence-electron chi connectivity index (χ0n) is 36.3. The second-order valence-corrected chi connectivity index (χ2v) is 15.0. The first-order valence-corrected chi connectivity index (χ1v) is 21.1. The number of nitrogens with zero attached hydrogens (tertiary/aromatic N) is 1. The van der Waals surface area contributed by atoms with Crippen LogP contribution in [0.25, 0.3) is 4.85 Å². The maximum atomic E-state index is 12.3. The Morgan fingerprint density at radius 2 is 0.707 bits per heavy atom. The summed E-state index contributed by atoms with van der Waals surface area (Å²) in [5, 5.41) is 0. The molecule has 0 aromatic carbocycles. The van der Waals surface area contributed by atoms with Gasteiger partial charge in [0.1, 0.15) is 26.4 Å². The molecule has 0 aromatic rings. The molecular formula is C43H75NO14. The van der Waals surface area contributed by atoms with Gasteiger partial charge < -0.3 is 47.5 Å². The summed E-state index contributed by atoms with van der Waals surface area (Å²) in [7, 11) is 0. The van der Waals surface area contributed by atoms with E-state index >= 15 is 0 Å². The van der Waals surface area contributed by atoms with Crippen LogP contribution in [-0.2, 0) is 66.6 Å². The molecule has 0 spiro atoms. The minimum absolute atomic E-state index is 0.00130. The number of carbonyl (C=O) groups is 5. The fourth-order valence-corrected chi connectivity index (χ4v) is 4.92. The first-order chi connectivity index (χ1) is 27.9. The molecule has 0 aliphatic carbocycles. The summed E-state index contributed by atoms with van der Waals surface area (Å²) in [6.45, 7) is 22.6. The van der Waals surface area contributed by atoms with Gasteiger partial charge in [-0.1, -0.05) is 27.7 Å². The number of Topliss-reactive ketones (excluding diaryl/α,β-unsaturated/α-hetero) is 5. The molecule has 0 heterocycles. The van der Waals surface area contributed by atoms with Crippen LogP contribution in [0.4, 0.5) is 0 Å². The maximum absolute atomic E-state index is 12.3. The van der Waals surface area contributed by atoms with E-state index in [2.05, 4.69) is 18.7 Å². The summed E-state index contributed by atoms with van der Waals surface area (Å²) >= 11 is 0. The molecule has 0 N–H and O–H groups in total. The first kappa shape index (κ1) is 55.5. The predicted molar refractivity (Wildman–Crippen MR) is 218 cm³/mol. The van der Waals surface area contributed by atoms with Gasteiger partial charge in [-0.05, 0) is 44.4 Å². The van der Waals surface area contributed by atoms with Crippen molar-refractivity contribution in [1.82, 2.24) is 0 Å². The Hall–Kier alpha value is -2.52. The van der Waals surface area contributed by atoms with E-state index < -0.39 is 5.54 Å². The average molecular weight is 830 g/mol. The van der Waals surface area contributed by atoms with Crippen LogP contribution in [0.15, 0.2) is 0 Å². The Morgan fingerprint density at radius 3 is 0.983 bits per heavy atom. The van der Waals surface area contributed by atoms with E-state index in [0.717, 1.165) is 13.0 Å². The third-order valence-electron chi connectivity index (χ3n) is 8.97. The molecule has 58 heavy (non-hydrogen) atoms. The summed E-state index contributed by atoms with van der Waals surface area (Å²) in [5.41, 5.74) is -0.987. The lowest BCUT2D eigenvalue weighted by atomic mass is 9.83. The molecule has 0 amide bonds.